The summed E-state index contributed by atoms with van der Waals surface area (Å²) in [5, 5.41) is 0. The molecule has 0 bridgehead atoms. The van der Waals surface area contributed by atoms with Crippen molar-refractivity contribution >= 4 is 17.9 Å². The third-order valence-electron chi connectivity index (χ3n) is 3.39. The highest BCUT2D eigenvalue weighted by Crippen LogP contribution is 2.27. The average Bonchev–Trinajstić information content (AvgIpc) is 2.51. The predicted octanol–water partition coefficient (Wildman–Crippen LogP) is 1.94. The molecular weight excluding hydrogens is 325 g/mol. The molecule has 5 nitrogen and oxygen atoms in total. The number of para-hydroxylation sites is 1. The highest BCUT2D eigenvalue weighted by atomic mass is 19.4. The van der Waals surface area contributed by atoms with Gasteiger partial charge in [0.05, 0.1) is 5.57 Å². The Morgan fingerprint density at radius 3 is 2.50 bits per heavy atom. The number of fused-ring (bicyclic) bond motifs is 1. The molecule has 8 heteroatoms. The minimum atomic E-state index is -4.60. The highest BCUT2D eigenvalue weighted by molar-refractivity contribution is 6.00. The van der Waals surface area contributed by atoms with E-state index >= 15 is 0 Å². The monoisotopic (exact) mass is 342 g/mol. The minimum Gasteiger partial charge on any atom is -0.488 e. The Morgan fingerprint density at radius 2 is 1.88 bits per heavy atom. The first-order valence-corrected chi connectivity index (χ1v) is 7.16. The Kier molecular flexibility index (Phi) is 5.16. The number of likely N-dealkylation sites (N-methyl/N-ethyl adjacent to an activating group) is 1. The summed E-state index contributed by atoms with van der Waals surface area (Å²) in [6.07, 6.45) is -3.11. The molecule has 1 aromatic rings. The summed E-state index contributed by atoms with van der Waals surface area (Å²) < 4.78 is 43.7. The molecule has 2 rings (SSSR count). The lowest BCUT2D eigenvalue weighted by molar-refractivity contribution is -0.162. The summed E-state index contributed by atoms with van der Waals surface area (Å²) in [7, 11) is 2.83. The summed E-state index contributed by atoms with van der Waals surface area (Å²) in [5.74, 6) is -0.900. The largest absolute Gasteiger partial charge is 0.488 e. The number of benzene rings is 1. The van der Waals surface area contributed by atoms with Crippen molar-refractivity contribution in [1.82, 2.24) is 9.80 Å². The molecule has 0 unspecified atom stereocenters. The van der Waals surface area contributed by atoms with Crippen LogP contribution in [0.1, 0.15) is 5.56 Å². The topological polar surface area (TPSA) is 49.9 Å². The second-order valence-corrected chi connectivity index (χ2v) is 5.56. The molecule has 0 radical (unpaired) electrons. The molecule has 2 amide bonds. The number of rotatable bonds is 4. The summed E-state index contributed by atoms with van der Waals surface area (Å²) in [4.78, 5) is 25.8. The summed E-state index contributed by atoms with van der Waals surface area (Å²) in [6, 6.07) is 6.89. The first-order valence-electron chi connectivity index (χ1n) is 7.16. The Hall–Kier alpha value is -2.51. The SMILES string of the molecule is CN(C)C(=O)CN(CC(F)(F)F)C(=O)C1=Cc2ccccc2OC1. The summed E-state index contributed by atoms with van der Waals surface area (Å²) in [5.41, 5.74) is 0.683. The average molecular weight is 342 g/mol. The standard InChI is InChI=1S/C16H17F3N2O3/c1-20(2)14(22)8-21(10-16(17,18)19)15(23)12-7-11-5-3-4-6-13(11)24-9-12/h3-7H,8-10H2,1-2H3. The van der Waals surface area contributed by atoms with Crippen LogP contribution in [0.25, 0.3) is 6.08 Å². The van der Waals surface area contributed by atoms with Crippen LogP contribution in [0.15, 0.2) is 29.8 Å². The van der Waals surface area contributed by atoms with E-state index in [4.69, 9.17) is 4.74 Å². The molecule has 1 aromatic carbocycles. The molecule has 0 spiro atoms. The molecule has 0 N–H and O–H groups in total. The van der Waals surface area contributed by atoms with Gasteiger partial charge in [-0.05, 0) is 12.1 Å². The van der Waals surface area contributed by atoms with E-state index in [1.165, 1.54) is 20.2 Å². The van der Waals surface area contributed by atoms with E-state index in [1.54, 1.807) is 24.3 Å². The van der Waals surface area contributed by atoms with Gasteiger partial charge in [0.25, 0.3) is 5.91 Å². The van der Waals surface area contributed by atoms with Gasteiger partial charge in [0.15, 0.2) is 0 Å². The van der Waals surface area contributed by atoms with Gasteiger partial charge in [-0.25, -0.2) is 0 Å². The van der Waals surface area contributed by atoms with Gasteiger partial charge in [0.1, 0.15) is 25.4 Å². The molecule has 1 aliphatic heterocycles. The second kappa shape index (κ2) is 6.94. The van der Waals surface area contributed by atoms with Gasteiger partial charge in [-0.2, -0.15) is 13.2 Å². The molecule has 0 saturated heterocycles. The zero-order valence-electron chi connectivity index (χ0n) is 13.3. The minimum absolute atomic E-state index is 0.0736. The Bertz CT molecular complexity index is 669. The number of hydrogen-bond acceptors (Lipinski definition) is 3. The highest BCUT2D eigenvalue weighted by Gasteiger charge is 2.35. The smallest absolute Gasteiger partial charge is 0.406 e. The zero-order chi connectivity index (χ0) is 17.9. The van der Waals surface area contributed by atoms with Crippen LogP contribution in [0.5, 0.6) is 5.75 Å². The Labute approximate surface area is 137 Å². The molecule has 0 fully saturated rings. The van der Waals surface area contributed by atoms with Crippen LogP contribution in [0.4, 0.5) is 13.2 Å². The molecule has 0 aliphatic carbocycles. The first kappa shape index (κ1) is 17.8. The van der Waals surface area contributed by atoms with Crippen LogP contribution in [-0.2, 0) is 9.59 Å². The lowest BCUT2D eigenvalue weighted by atomic mass is 10.1. The van der Waals surface area contributed by atoms with Crippen molar-refractivity contribution in [2.45, 2.75) is 6.18 Å². The third-order valence-corrected chi connectivity index (χ3v) is 3.39. The molecule has 130 valence electrons. The van der Waals surface area contributed by atoms with Gasteiger partial charge >= 0.3 is 6.18 Å². The number of carbonyl (C=O) groups excluding carboxylic acids is 2. The molecule has 24 heavy (non-hydrogen) atoms. The Morgan fingerprint density at radius 1 is 1.21 bits per heavy atom. The first-order chi connectivity index (χ1) is 11.2. The predicted molar refractivity (Wildman–Crippen MR) is 81.2 cm³/mol. The van der Waals surface area contributed by atoms with Gasteiger partial charge in [0, 0.05) is 19.7 Å². The van der Waals surface area contributed by atoms with E-state index in [0.29, 0.717) is 16.2 Å². The molecule has 0 atom stereocenters. The fourth-order valence-electron chi connectivity index (χ4n) is 2.16. The number of carbonyl (C=O) groups is 2. The maximum absolute atomic E-state index is 12.8. The second-order valence-electron chi connectivity index (χ2n) is 5.56. The van der Waals surface area contributed by atoms with Crippen LogP contribution in [0.2, 0.25) is 0 Å². The van der Waals surface area contributed by atoms with Crippen LogP contribution in [-0.4, -0.2) is 61.6 Å². The van der Waals surface area contributed by atoms with Gasteiger partial charge in [-0.3, -0.25) is 9.59 Å². The molecule has 1 aliphatic rings. The van der Waals surface area contributed by atoms with E-state index in [9.17, 15) is 22.8 Å². The van der Waals surface area contributed by atoms with Gasteiger partial charge < -0.3 is 14.5 Å². The van der Waals surface area contributed by atoms with E-state index in [1.807, 2.05) is 0 Å². The van der Waals surface area contributed by atoms with Crippen molar-refractivity contribution in [2.75, 3.05) is 33.8 Å². The van der Waals surface area contributed by atoms with E-state index in [-0.39, 0.29) is 12.2 Å². The quantitative estimate of drug-likeness (QED) is 0.840. The Balaban J connectivity index is 2.24. The normalized spacial score (nSPS) is 13.5. The number of nitrogens with zero attached hydrogens (tertiary/aromatic N) is 2. The van der Waals surface area contributed by atoms with Crippen molar-refractivity contribution < 1.29 is 27.5 Å². The zero-order valence-corrected chi connectivity index (χ0v) is 13.3. The summed E-state index contributed by atoms with van der Waals surface area (Å²) >= 11 is 0. The van der Waals surface area contributed by atoms with Gasteiger partial charge in [0.2, 0.25) is 5.91 Å². The molecule has 1 heterocycles. The lowest BCUT2D eigenvalue weighted by Crippen LogP contribution is -2.46. The number of amides is 2. The fraction of sp³-hybridized carbons (Fsp3) is 0.375. The summed E-state index contributed by atoms with van der Waals surface area (Å²) in [6.45, 7) is -2.28. The fourth-order valence-corrected chi connectivity index (χ4v) is 2.16. The van der Waals surface area contributed by atoms with Crippen LogP contribution in [0, 0.1) is 0 Å². The number of ether oxygens (including phenoxy) is 1. The van der Waals surface area contributed by atoms with Crippen molar-refractivity contribution in [3.63, 3.8) is 0 Å². The lowest BCUT2D eigenvalue weighted by Gasteiger charge is -2.27. The maximum Gasteiger partial charge on any atom is 0.406 e. The van der Waals surface area contributed by atoms with Crippen molar-refractivity contribution in [3.05, 3.63) is 35.4 Å². The van der Waals surface area contributed by atoms with Crippen molar-refractivity contribution in [1.29, 1.82) is 0 Å². The molecular formula is C16H17F3N2O3. The third kappa shape index (κ3) is 4.50. The molecule has 0 aromatic heterocycles. The van der Waals surface area contributed by atoms with Gasteiger partial charge in [-0.1, -0.05) is 18.2 Å². The number of hydrogen-bond donors (Lipinski definition) is 0. The van der Waals surface area contributed by atoms with E-state index in [0.717, 1.165) is 4.90 Å². The van der Waals surface area contributed by atoms with Crippen LogP contribution in [0.3, 0.4) is 0 Å². The van der Waals surface area contributed by atoms with Crippen LogP contribution < -0.4 is 4.74 Å². The number of halogens is 3. The van der Waals surface area contributed by atoms with Gasteiger partial charge in [-0.15, -0.1) is 0 Å². The maximum atomic E-state index is 12.8. The van der Waals surface area contributed by atoms with E-state index < -0.39 is 31.1 Å². The van der Waals surface area contributed by atoms with E-state index in [2.05, 4.69) is 0 Å². The number of alkyl halides is 3. The van der Waals surface area contributed by atoms with Crippen molar-refractivity contribution in [3.8, 4) is 5.75 Å². The van der Waals surface area contributed by atoms with Crippen molar-refractivity contribution in [2.24, 2.45) is 0 Å². The molecule has 0 saturated carbocycles. The van der Waals surface area contributed by atoms with Crippen LogP contribution >= 0.6 is 0 Å².